The van der Waals surface area contributed by atoms with E-state index in [4.69, 9.17) is 5.26 Å². The van der Waals surface area contributed by atoms with Crippen LogP contribution in [-0.2, 0) is 0 Å². The number of aryl methyl sites for hydroxylation is 1. The molecule has 1 aromatic carbocycles. The van der Waals surface area contributed by atoms with E-state index in [1.807, 2.05) is 19.1 Å². The van der Waals surface area contributed by atoms with Crippen LogP contribution in [0.3, 0.4) is 0 Å². The molecular formula is C11H11BrN2. The zero-order valence-corrected chi connectivity index (χ0v) is 9.56. The summed E-state index contributed by atoms with van der Waals surface area (Å²) in [5.74, 6) is 0. The van der Waals surface area contributed by atoms with Crippen LogP contribution in [0.4, 0.5) is 5.69 Å². The molecule has 0 spiro atoms. The van der Waals surface area contributed by atoms with Crippen molar-refractivity contribution in [2.24, 2.45) is 0 Å². The summed E-state index contributed by atoms with van der Waals surface area (Å²) in [6.45, 7) is 6.32. The highest BCUT2D eigenvalue weighted by Crippen LogP contribution is 2.20. The highest BCUT2D eigenvalue weighted by molar-refractivity contribution is 9.11. The number of nitrogens with one attached hydrogen (secondary N) is 1. The first-order chi connectivity index (χ1) is 6.65. The van der Waals surface area contributed by atoms with Crippen LogP contribution in [0.15, 0.2) is 29.3 Å². The van der Waals surface area contributed by atoms with Gasteiger partial charge >= 0.3 is 0 Å². The third-order valence-electron chi connectivity index (χ3n) is 1.85. The summed E-state index contributed by atoms with van der Waals surface area (Å²) < 4.78 is 0.865. The van der Waals surface area contributed by atoms with Gasteiger partial charge in [0.15, 0.2) is 0 Å². The molecule has 0 aliphatic rings. The lowest BCUT2D eigenvalue weighted by Gasteiger charge is -2.10. The fourth-order valence-electron chi connectivity index (χ4n) is 1.18. The fourth-order valence-corrected chi connectivity index (χ4v) is 1.32. The van der Waals surface area contributed by atoms with Gasteiger partial charge in [0.2, 0.25) is 0 Å². The number of para-hydroxylation sites is 1. The Morgan fingerprint density at radius 2 is 2.36 bits per heavy atom. The fraction of sp³-hybridized carbons (Fsp3) is 0.182. The molecule has 0 saturated heterocycles. The molecule has 0 aliphatic heterocycles. The first-order valence-corrected chi connectivity index (χ1v) is 5.01. The topological polar surface area (TPSA) is 35.8 Å². The molecule has 0 radical (unpaired) electrons. The number of halogens is 1. The minimum atomic E-state index is 0.625. The monoisotopic (exact) mass is 250 g/mol. The van der Waals surface area contributed by atoms with E-state index >= 15 is 0 Å². The van der Waals surface area contributed by atoms with E-state index in [0.29, 0.717) is 12.1 Å². The highest BCUT2D eigenvalue weighted by atomic mass is 79.9. The summed E-state index contributed by atoms with van der Waals surface area (Å²) in [5, 5.41) is 12.0. The van der Waals surface area contributed by atoms with Gasteiger partial charge in [-0.1, -0.05) is 34.6 Å². The molecular weight excluding hydrogens is 240 g/mol. The molecule has 72 valence electrons. The van der Waals surface area contributed by atoms with Crippen molar-refractivity contribution in [3.63, 3.8) is 0 Å². The van der Waals surface area contributed by atoms with Gasteiger partial charge in [-0.15, -0.1) is 0 Å². The Balaban J connectivity index is 2.94. The molecule has 3 heteroatoms. The molecule has 0 amide bonds. The van der Waals surface area contributed by atoms with Crippen molar-refractivity contribution in [1.29, 1.82) is 5.26 Å². The number of anilines is 1. The Labute approximate surface area is 92.4 Å². The van der Waals surface area contributed by atoms with Crippen LogP contribution < -0.4 is 5.32 Å². The van der Waals surface area contributed by atoms with Crippen molar-refractivity contribution in [2.45, 2.75) is 6.92 Å². The van der Waals surface area contributed by atoms with Crippen LogP contribution >= 0.6 is 15.9 Å². The van der Waals surface area contributed by atoms with Gasteiger partial charge in [0, 0.05) is 11.0 Å². The van der Waals surface area contributed by atoms with Crippen molar-refractivity contribution in [3.05, 3.63) is 40.4 Å². The molecule has 2 nitrogen and oxygen atoms in total. The van der Waals surface area contributed by atoms with Crippen molar-refractivity contribution in [1.82, 2.24) is 0 Å². The maximum Gasteiger partial charge on any atom is 0.101 e. The summed E-state index contributed by atoms with van der Waals surface area (Å²) in [7, 11) is 0. The van der Waals surface area contributed by atoms with Crippen molar-refractivity contribution < 1.29 is 0 Å². The predicted molar refractivity (Wildman–Crippen MR) is 62.5 cm³/mol. The summed E-state index contributed by atoms with van der Waals surface area (Å²) in [4.78, 5) is 0. The second-order valence-corrected chi connectivity index (χ2v) is 4.10. The summed E-state index contributed by atoms with van der Waals surface area (Å²) >= 11 is 3.26. The van der Waals surface area contributed by atoms with Crippen LogP contribution in [0.25, 0.3) is 0 Å². The smallest absolute Gasteiger partial charge is 0.101 e. The minimum Gasteiger partial charge on any atom is -0.379 e. The third kappa shape index (κ3) is 2.61. The van der Waals surface area contributed by atoms with Gasteiger partial charge in [0.25, 0.3) is 0 Å². The van der Waals surface area contributed by atoms with E-state index in [1.54, 1.807) is 6.07 Å². The van der Waals surface area contributed by atoms with E-state index < -0.39 is 0 Å². The molecule has 0 unspecified atom stereocenters. The lowest BCUT2D eigenvalue weighted by molar-refractivity contribution is 1.28. The molecule has 0 fully saturated rings. The second kappa shape index (κ2) is 4.83. The highest BCUT2D eigenvalue weighted by Gasteiger charge is 2.03. The Morgan fingerprint density at radius 1 is 1.64 bits per heavy atom. The number of rotatable bonds is 3. The van der Waals surface area contributed by atoms with E-state index in [-0.39, 0.29) is 0 Å². The lowest BCUT2D eigenvalue weighted by Crippen LogP contribution is -2.04. The molecule has 1 aromatic rings. The zero-order chi connectivity index (χ0) is 10.6. The quantitative estimate of drug-likeness (QED) is 0.895. The molecule has 0 aromatic heterocycles. The Morgan fingerprint density at radius 3 is 2.93 bits per heavy atom. The third-order valence-corrected chi connectivity index (χ3v) is 2.13. The number of nitriles is 1. The number of hydrogen-bond donors (Lipinski definition) is 1. The Bertz CT molecular complexity index is 391. The first kappa shape index (κ1) is 10.8. The van der Waals surface area contributed by atoms with E-state index in [9.17, 15) is 0 Å². The molecule has 0 bridgehead atoms. The van der Waals surface area contributed by atoms with Crippen molar-refractivity contribution >= 4 is 21.6 Å². The number of benzene rings is 1. The number of hydrogen-bond acceptors (Lipinski definition) is 2. The molecule has 0 aliphatic carbocycles. The average Bonchev–Trinajstić information content (AvgIpc) is 2.15. The van der Waals surface area contributed by atoms with Gasteiger partial charge in [-0.25, -0.2) is 0 Å². The first-order valence-electron chi connectivity index (χ1n) is 4.22. The summed E-state index contributed by atoms with van der Waals surface area (Å²) in [5.41, 5.74) is 2.62. The zero-order valence-electron chi connectivity index (χ0n) is 7.97. The maximum atomic E-state index is 8.88. The van der Waals surface area contributed by atoms with Crippen molar-refractivity contribution in [2.75, 3.05) is 11.9 Å². The molecule has 0 saturated carbocycles. The van der Waals surface area contributed by atoms with Crippen LogP contribution in [-0.4, -0.2) is 6.54 Å². The van der Waals surface area contributed by atoms with Crippen LogP contribution in [0.2, 0.25) is 0 Å². The molecule has 1 N–H and O–H groups in total. The molecule has 0 atom stereocenters. The molecule has 14 heavy (non-hydrogen) atoms. The molecule has 0 heterocycles. The molecule has 1 rings (SSSR count). The van der Waals surface area contributed by atoms with Crippen LogP contribution in [0.5, 0.6) is 0 Å². The average molecular weight is 251 g/mol. The Kier molecular flexibility index (Phi) is 3.73. The van der Waals surface area contributed by atoms with Crippen LogP contribution in [0, 0.1) is 18.3 Å². The van der Waals surface area contributed by atoms with Gasteiger partial charge in [-0.2, -0.15) is 5.26 Å². The summed E-state index contributed by atoms with van der Waals surface area (Å²) in [6.07, 6.45) is 0. The van der Waals surface area contributed by atoms with Gasteiger partial charge < -0.3 is 5.32 Å². The largest absolute Gasteiger partial charge is 0.379 e. The van der Waals surface area contributed by atoms with Crippen molar-refractivity contribution in [3.8, 4) is 6.07 Å². The SMILES string of the molecule is C=C(Br)CNc1c(C)cccc1C#N. The van der Waals surface area contributed by atoms with Gasteiger partial charge in [-0.05, 0) is 18.6 Å². The number of nitrogens with zero attached hydrogens (tertiary/aromatic N) is 1. The normalized spacial score (nSPS) is 9.21. The standard InChI is InChI=1S/C11H11BrN2/c1-8-4-3-5-10(6-13)11(8)14-7-9(2)12/h3-5,14H,2,7H2,1H3. The van der Waals surface area contributed by atoms with Gasteiger partial charge in [-0.3, -0.25) is 0 Å². The second-order valence-electron chi connectivity index (χ2n) is 2.98. The predicted octanol–water partition coefficient (Wildman–Crippen LogP) is 3.19. The van der Waals surface area contributed by atoms with Gasteiger partial charge in [0.1, 0.15) is 6.07 Å². The van der Waals surface area contributed by atoms with Gasteiger partial charge in [0.05, 0.1) is 11.3 Å². The maximum absolute atomic E-state index is 8.88. The van der Waals surface area contributed by atoms with E-state index in [0.717, 1.165) is 15.7 Å². The van der Waals surface area contributed by atoms with E-state index in [1.165, 1.54) is 0 Å². The summed E-state index contributed by atoms with van der Waals surface area (Å²) in [6, 6.07) is 7.80. The van der Waals surface area contributed by atoms with Crippen LogP contribution in [0.1, 0.15) is 11.1 Å². The van der Waals surface area contributed by atoms with E-state index in [2.05, 4.69) is 33.9 Å². The Hall–Kier alpha value is -1.27. The minimum absolute atomic E-state index is 0.625. The lowest BCUT2D eigenvalue weighted by atomic mass is 10.1.